The van der Waals surface area contributed by atoms with Crippen LogP contribution in [-0.4, -0.2) is 43.7 Å². The molecule has 1 aliphatic heterocycles. The molecule has 0 saturated carbocycles. The summed E-state index contributed by atoms with van der Waals surface area (Å²) in [5.41, 5.74) is 3.02. The van der Waals surface area contributed by atoms with Gasteiger partial charge in [0, 0.05) is 31.5 Å². The van der Waals surface area contributed by atoms with Gasteiger partial charge in [-0.3, -0.25) is 9.78 Å². The van der Waals surface area contributed by atoms with Crippen molar-refractivity contribution in [1.82, 2.24) is 10.3 Å². The first-order valence-electron chi connectivity index (χ1n) is 8.58. The van der Waals surface area contributed by atoms with Crippen molar-refractivity contribution < 1.29 is 9.53 Å². The average Bonchev–Trinajstić information content (AvgIpc) is 2.63. The molecule has 124 valence electrons. The lowest BCUT2D eigenvalue weighted by Crippen LogP contribution is -2.36. The molecule has 0 radical (unpaired) electrons. The lowest BCUT2D eigenvalue weighted by Gasteiger charge is -2.28. The highest BCUT2D eigenvalue weighted by atomic mass is 16.5. The van der Waals surface area contributed by atoms with Crippen LogP contribution in [0.25, 0.3) is 0 Å². The maximum absolute atomic E-state index is 12.3. The number of amides is 1. The van der Waals surface area contributed by atoms with Gasteiger partial charge in [-0.15, -0.1) is 0 Å². The zero-order valence-corrected chi connectivity index (χ0v) is 13.6. The lowest BCUT2D eigenvalue weighted by molar-refractivity contribution is 0.0949. The third kappa shape index (κ3) is 4.55. The van der Waals surface area contributed by atoms with E-state index in [1.165, 1.54) is 31.3 Å². The summed E-state index contributed by atoms with van der Waals surface area (Å²) in [5, 5.41) is 2.99. The topological polar surface area (TPSA) is 54.5 Å². The van der Waals surface area contributed by atoms with Crippen molar-refractivity contribution in [3.63, 3.8) is 0 Å². The maximum Gasteiger partial charge on any atom is 0.269 e. The molecule has 1 aliphatic carbocycles. The van der Waals surface area contributed by atoms with E-state index in [2.05, 4.69) is 21.3 Å². The van der Waals surface area contributed by atoms with E-state index in [-0.39, 0.29) is 5.91 Å². The second kappa shape index (κ2) is 8.11. The summed E-state index contributed by atoms with van der Waals surface area (Å²) in [6, 6.07) is 3.83. The van der Waals surface area contributed by atoms with Crippen LogP contribution in [0.3, 0.4) is 0 Å². The number of aromatic nitrogens is 1. The normalized spacial score (nSPS) is 18.4. The van der Waals surface area contributed by atoms with Crippen molar-refractivity contribution in [2.45, 2.75) is 32.1 Å². The highest BCUT2D eigenvalue weighted by molar-refractivity contribution is 5.93. The number of pyridine rings is 1. The molecule has 0 atom stereocenters. The maximum atomic E-state index is 12.3. The van der Waals surface area contributed by atoms with Crippen molar-refractivity contribution in [3.05, 3.63) is 35.7 Å². The Bertz CT molecular complexity index is 565. The van der Waals surface area contributed by atoms with Crippen molar-refractivity contribution in [3.8, 4) is 0 Å². The fourth-order valence-electron chi connectivity index (χ4n) is 3.12. The Labute approximate surface area is 137 Å². The molecule has 0 bridgehead atoms. The first kappa shape index (κ1) is 16.0. The van der Waals surface area contributed by atoms with Gasteiger partial charge in [-0.25, -0.2) is 0 Å². The van der Waals surface area contributed by atoms with Gasteiger partial charge in [-0.05, 0) is 44.2 Å². The van der Waals surface area contributed by atoms with Crippen molar-refractivity contribution in [2.24, 2.45) is 0 Å². The van der Waals surface area contributed by atoms with Gasteiger partial charge in [0.1, 0.15) is 5.69 Å². The Morgan fingerprint density at radius 2 is 2.17 bits per heavy atom. The first-order valence-corrected chi connectivity index (χ1v) is 8.58. The zero-order valence-electron chi connectivity index (χ0n) is 13.6. The summed E-state index contributed by atoms with van der Waals surface area (Å²) < 4.78 is 5.37. The van der Waals surface area contributed by atoms with Crippen LogP contribution in [0, 0.1) is 0 Å². The Kier molecular flexibility index (Phi) is 5.64. The zero-order chi connectivity index (χ0) is 15.9. The van der Waals surface area contributed by atoms with Crippen LogP contribution in [0.15, 0.2) is 30.0 Å². The average molecular weight is 315 g/mol. The minimum absolute atomic E-state index is 0.0866. The number of nitrogens with zero attached hydrogens (tertiary/aromatic N) is 2. The SMILES string of the molecule is O=C(NCCC1=CCCCC1)c1cc(N2CCOCC2)ccn1. The summed E-state index contributed by atoms with van der Waals surface area (Å²) >= 11 is 0. The number of hydrogen-bond donors (Lipinski definition) is 1. The predicted molar refractivity (Wildman–Crippen MR) is 90.8 cm³/mol. The summed E-state index contributed by atoms with van der Waals surface area (Å²) in [7, 11) is 0. The molecule has 1 N–H and O–H groups in total. The molecular weight excluding hydrogens is 290 g/mol. The second-order valence-electron chi connectivity index (χ2n) is 6.11. The first-order chi connectivity index (χ1) is 11.3. The van der Waals surface area contributed by atoms with Crippen molar-refractivity contribution >= 4 is 11.6 Å². The second-order valence-corrected chi connectivity index (χ2v) is 6.11. The van der Waals surface area contributed by atoms with Gasteiger partial charge in [0.2, 0.25) is 0 Å². The van der Waals surface area contributed by atoms with Gasteiger partial charge in [-0.1, -0.05) is 11.6 Å². The van der Waals surface area contributed by atoms with Crippen molar-refractivity contribution in [1.29, 1.82) is 0 Å². The van der Waals surface area contributed by atoms with E-state index in [0.717, 1.165) is 38.4 Å². The number of anilines is 1. The Morgan fingerprint density at radius 3 is 2.96 bits per heavy atom. The number of nitrogens with one attached hydrogen (secondary N) is 1. The molecule has 0 unspecified atom stereocenters. The van der Waals surface area contributed by atoms with E-state index < -0.39 is 0 Å². The van der Waals surface area contributed by atoms with Crippen LogP contribution in [-0.2, 0) is 4.74 Å². The molecule has 1 aromatic rings. The highest BCUT2D eigenvalue weighted by Crippen LogP contribution is 2.19. The summed E-state index contributed by atoms with van der Waals surface area (Å²) in [6.07, 6.45) is 9.94. The van der Waals surface area contributed by atoms with Crippen LogP contribution in [0.1, 0.15) is 42.6 Å². The van der Waals surface area contributed by atoms with E-state index in [9.17, 15) is 4.79 Å². The molecule has 2 heterocycles. The van der Waals surface area contributed by atoms with Gasteiger partial charge >= 0.3 is 0 Å². The fourth-order valence-corrected chi connectivity index (χ4v) is 3.12. The van der Waals surface area contributed by atoms with Crippen LogP contribution in [0.5, 0.6) is 0 Å². The minimum atomic E-state index is -0.0866. The highest BCUT2D eigenvalue weighted by Gasteiger charge is 2.14. The Balaban J connectivity index is 1.53. The number of hydrogen-bond acceptors (Lipinski definition) is 4. The molecule has 1 amide bonds. The van der Waals surface area contributed by atoms with Crippen LogP contribution in [0.4, 0.5) is 5.69 Å². The number of allylic oxidation sites excluding steroid dienone is 1. The molecule has 3 rings (SSSR count). The van der Waals surface area contributed by atoms with Gasteiger partial charge in [-0.2, -0.15) is 0 Å². The minimum Gasteiger partial charge on any atom is -0.378 e. The van der Waals surface area contributed by atoms with Gasteiger partial charge < -0.3 is 15.0 Å². The molecule has 5 nitrogen and oxygen atoms in total. The third-order valence-corrected chi connectivity index (χ3v) is 4.47. The van der Waals surface area contributed by atoms with E-state index in [1.54, 1.807) is 6.20 Å². The van der Waals surface area contributed by atoms with Crippen LogP contribution in [0.2, 0.25) is 0 Å². The number of rotatable bonds is 5. The van der Waals surface area contributed by atoms with Gasteiger partial charge in [0.25, 0.3) is 5.91 Å². The molecule has 2 aliphatic rings. The molecule has 23 heavy (non-hydrogen) atoms. The van der Waals surface area contributed by atoms with Gasteiger partial charge in [0.05, 0.1) is 13.2 Å². The Hall–Kier alpha value is -1.88. The van der Waals surface area contributed by atoms with Crippen LogP contribution < -0.4 is 10.2 Å². The predicted octanol–water partition coefficient (Wildman–Crippen LogP) is 2.54. The molecular formula is C18H25N3O2. The quantitative estimate of drug-likeness (QED) is 0.849. The van der Waals surface area contributed by atoms with Crippen molar-refractivity contribution in [2.75, 3.05) is 37.7 Å². The lowest BCUT2D eigenvalue weighted by atomic mass is 9.97. The monoisotopic (exact) mass is 315 g/mol. The fraction of sp³-hybridized carbons (Fsp3) is 0.556. The molecule has 5 heteroatoms. The van der Waals surface area contributed by atoms with E-state index in [1.807, 2.05) is 12.1 Å². The number of morpholine rings is 1. The Morgan fingerprint density at radius 1 is 1.30 bits per heavy atom. The standard InChI is InChI=1S/C18H25N3O2/c22-18(20-8-6-15-4-2-1-3-5-15)17-14-16(7-9-19-17)21-10-12-23-13-11-21/h4,7,9,14H,1-3,5-6,8,10-13H2,(H,20,22). The summed E-state index contributed by atoms with van der Waals surface area (Å²) in [4.78, 5) is 18.7. The molecule has 1 fully saturated rings. The van der Waals surface area contributed by atoms with Gasteiger partial charge in [0.15, 0.2) is 0 Å². The molecule has 0 spiro atoms. The third-order valence-electron chi connectivity index (χ3n) is 4.47. The smallest absolute Gasteiger partial charge is 0.269 e. The van der Waals surface area contributed by atoms with Crippen LogP contribution >= 0.6 is 0 Å². The van der Waals surface area contributed by atoms with E-state index >= 15 is 0 Å². The number of carbonyl (C=O) groups is 1. The molecule has 1 aromatic heterocycles. The molecule has 1 saturated heterocycles. The summed E-state index contributed by atoms with van der Waals surface area (Å²) in [5.74, 6) is -0.0866. The molecule has 0 aromatic carbocycles. The largest absolute Gasteiger partial charge is 0.378 e. The number of ether oxygens (including phenoxy) is 1. The summed E-state index contributed by atoms with van der Waals surface area (Å²) in [6.45, 7) is 3.88. The van der Waals surface area contributed by atoms with E-state index in [0.29, 0.717) is 12.2 Å². The number of carbonyl (C=O) groups excluding carboxylic acids is 1. The van der Waals surface area contributed by atoms with E-state index in [4.69, 9.17) is 4.74 Å².